The molecule has 0 saturated carbocycles. The molecule has 2 heterocycles. The van der Waals surface area contributed by atoms with Crippen molar-refractivity contribution >= 4 is 0 Å². The highest BCUT2D eigenvalue weighted by Gasteiger charge is 2.14. The summed E-state index contributed by atoms with van der Waals surface area (Å²) in [5.41, 5.74) is 2.66. The third kappa shape index (κ3) is 1.89. The zero-order valence-electron chi connectivity index (χ0n) is 8.09. The topological polar surface area (TPSA) is 24.9 Å². The van der Waals surface area contributed by atoms with Crippen molar-refractivity contribution < 1.29 is 0 Å². The maximum absolute atomic E-state index is 4.39. The lowest BCUT2D eigenvalue weighted by atomic mass is 9.98. The quantitative estimate of drug-likeness (QED) is 0.705. The van der Waals surface area contributed by atoms with Gasteiger partial charge in [0.2, 0.25) is 0 Å². The fraction of sp³-hybridized carbons (Fsp3) is 0.545. The molecule has 0 saturated heterocycles. The first-order valence-corrected chi connectivity index (χ1v) is 5.03. The van der Waals surface area contributed by atoms with Crippen molar-refractivity contribution in [1.29, 1.82) is 0 Å². The van der Waals surface area contributed by atoms with Crippen LogP contribution in [0.15, 0.2) is 18.3 Å². The number of nitrogens with one attached hydrogen (secondary N) is 1. The standard InChI is InChI=1S/C11H16N2/c1-2-9-6-10-4-3-5-13-11(10)8-12-7-9/h3-5,9,12H,2,6-8H2,1H3. The molecular weight excluding hydrogens is 160 g/mol. The largest absolute Gasteiger partial charge is 0.311 e. The normalized spacial score (nSPS) is 22.1. The van der Waals surface area contributed by atoms with Crippen molar-refractivity contribution in [3.63, 3.8) is 0 Å². The molecule has 1 aromatic rings. The molecule has 1 aliphatic rings. The maximum Gasteiger partial charge on any atom is 0.0573 e. The lowest BCUT2D eigenvalue weighted by Crippen LogP contribution is -2.19. The molecule has 2 rings (SSSR count). The van der Waals surface area contributed by atoms with Crippen LogP contribution in [0.4, 0.5) is 0 Å². The van der Waals surface area contributed by atoms with Gasteiger partial charge in [0.25, 0.3) is 0 Å². The van der Waals surface area contributed by atoms with Gasteiger partial charge in [0.05, 0.1) is 5.69 Å². The van der Waals surface area contributed by atoms with Gasteiger partial charge < -0.3 is 5.32 Å². The van der Waals surface area contributed by atoms with E-state index in [-0.39, 0.29) is 0 Å². The number of hydrogen-bond acceptors (Lipinski definition) is 2. The monoisotopic (exact) mass is 176 g/mol. The van der Waals surface area contributed by atoms with Crippen LogP contribution in [0.3, 0.4) is 0 Å². The zero-order chi connectivity index (χ0) is 9.10. The summed E-state index contributed by atoms with van der Waals surface area (Å²) < 4.78 is 0. The Balaban J connectivity index is 2.23. The van der Waals surface area contributed by atoms with Crippen molar-refractivity contribution in [3.8, 4) is 0 Å². The Labute approximate surface area is 79.4 Å². The minimum Gasteiger partial charge on any atom is -0.311 e. The summed E-state index contributed by atoms with van der Waals surface area (Å²) in [6, 6.07) is 4.24. The summed E-state index contributed by atoms with van der Waals surface area (Å²) in [6.45, 7) is 4.33. The average Bonchev–Trinajstić information content (AvgIpc) is 2.38. The van der Waals surface area contributed by atoms with E-state index in [9.17, 15) is 0 Å². The minimum atomic E-state index is 0.783. The van der Waals surface area contributed by atoms with E-state index >= 15 is 0 Å². The molecule has 1 N–H and O–H groups in total. The second kappa shape index (κ2) is 3.88. The molecule has 0 radical (unpaired) electrons. The van der Waals surface area contributed by atoms with Gasteiger partial charge in [0.15, 0.2) is 0 Å². The highest BCUT2D eigenvalue weighted by Crippen LogP contribution is 2.17. The molecule has 1 aromatic heterocycles. The molecule has 0 aromatic carbocycles. The SMILES string of the molecule is CCC1CNCc2ncccc2C1. The van der Waals surface area contributed by atoms with Crippen LogP contribution in [0.5, 0.6) is 0 Å². The summed E-state index contributed by atoms with van der Waals surface area (Å²) in [4.78, 5) is 4.39. The van der Waals surface area contributed by atoms with Crippen LogP contribution >= 0.6 is 0 Å². The predicted molar refractivity (Wildman–Crippen MR) is 53.4 cm³/mol. The van der Waals surface area contributed by atoms with E-state index in [1.807, 2.05) is 12.3 Å². The first-order chi connectivity index (χ1) is 6.40. The first kappa shape index (κ1) is 8.70. The molecule has 1 atom stereocenters. The van der Waals surface area contributed by atoms with Gasteiger partial charge >= 0.3 is 0 Å². The summed E-state index contributed by atoms with van der Waals surface area (Å²) in [5.74, 6) is 0.783. The van der Waals surface area contributed by atoms with Crippen LogP contribution in [0, 0.1) is 5.92 Å². The Morgan fingerprint density at radius 2 is 2.54 bits per heavy atom. The molecule has 0 spiro atoms. The molecule has 0 bridgehead atoms. The Kier molecular flexibility index (Phi) is 2.60. The lowest BCUT2D eigenvalue weighted by Gasteiger charge is -2.10. The Bertz CT molecular complexity index is 283. The van der Waals surface area contributed by atoms with Crippen molar-refractivity contribution in [2.24, 2.45) is 5.92 Å². The zero-order valence-corrected chi connectivity index (χ0v) is 8.09. The van der Waals surface area contributed by atoms with Crippen LogP contribution in [0.1, 0.15) is 24.6 Å². The van der Waals surface area contributed by atoms with Gasteiger partial charge in [-0.25, -0.2) is 0 Å². The van der Waals surface area contributed by atoms with Crippen LogP contribution in [0.25, 0.3) is 0 Å². The number of nitrogens with zero attached hydrogens (tertiary/aromatic N) is 1. The Morgan fingerprint density at radius 1 is 1.62 bits per heavy atom. The summed E-state index contributed by atoms with van der Waals surface area (Å²) in [7, 11) is 0. The van der Waals surface area contributed by atoms with Crippen LogP contribution < -0.4 is 5.32 Å². The molecule has 2 nitrogen and oxygen atoms in total. The van der Waals surface area contributed by atoms with E-state index in [1.54, 1.807) is 0 Å². The van der Waals surface area contributed by atoms with E-state index in [0.717, 1.165) is 19.0 Å². The second-order valence-corrected chi connectivity index (χ2v) is 3.72. The number of aromatic nitrogens is 1. The maximum atomic E-state index is 4.39. The number of hydrogen-bond donors (Lipinski definition) is 1. The van der Waals surface area contributed by atoms with Gasteiger partial charge in [-0.3, -0.25) is 4.98 Å². The van der Waals surface area contributed by atoms with E-state index in [0.29, 0.717) is 0 Å². The fourth-order valence-electron chi connectivity index (χ4n) is 1.88. The first-order valence-electron chi connectivity index (χ1n) is 5.03. The van der Waals surface area contributed by atoms with Crippen LogP contribution in [0.2, 0.25) is 0 Å². The van der Waals surface area contributed by atoms with Crippen molar-refractivity contribution in [3.05, 3.63) is 29.6 Å². The molecule has 1 unspecified atom stereocenters. The van der Waals surface area contributed by atoms with E-state index in [1.165, 1.54) is 24.1 Å². The Morgan fingerprint density at radius 3 is 3.38 bits per heavy atom. The molecule has 13 heavy (non-hydrogen) atoms. The summed E-state index contributed by atoms with van der Waals surface area (Å²) in [5, 5.41) is 3.44. The fourth-order valence-corrected chi connectivity index (χ4v) is 1.88. The van der Waals surface area contributed by atoms with E-state index in [2.05, 4.69) is 23.3 Å². The van der Waals surface area contributed by atoms with Gasteiger partial charge in [-0.05, 0) is 30.5 Å². The van der Waals surface area contributed by atoms with Crippen molar-refractivity contribution in [2.45, 2.75) is 26.3 Å². The molecule has 2 heteroatoms. The molecule has 0 fully saturated rings. The minimum absolute atomic E-state index is 0.783. The average molecular weight is 176 g/mol. The van der Waals surface area contributed by atoms with E-state index in [4.69, 9.17) is 0 Å². The summed E-state index contributed by atoms with van der Waals surface area (Å²) >= 11 is 0. The third-order valence-corrected chi connectivity index (χ3v) is 2.80. The molecule has 0 aliphatic carbocycles. The molecule has 1 aliphatic heterocycles. The smallest absolute Gasteiger partial charge is 0.0573 e. The Hall–Kier alpha value is -0.890. The van der Waals surface area contributed by atoms with E-state index < -0.39 is 0 Å². The van der Waals surface area contributed by atoms with Gasteiger partial charge in [0, 0.05) is 12.7 Å². The highest BCUT2D eigenvalue weighted by molar-refractivity contribution is 5.21. The summed E-state index contributed by atoms with van der Waals surface area (Å²) in [6.07, 6.45) is 4.32. The number of rotatable bonds is 1. The van der Waals surface area contributed by atoms with Crippen LogP contribution in [-0.4, -0.2) is 11.5 Å². The molecule has 70 valence electrons. The van der Waals surface area contributed by atoms with Gasteiger partial charge in [-0.15, -0.1) is 0 Å². The second-order valence-electron chi connectivity index (χ2n) is 3.72. The molecular formula is C11H16N2. The third-order valence-electron chi connectivity index (χ3n) is 2.80. The van der Waals surface area contributed by atoms with Gasteiger partial charge in [0.1, 0.15) is 0 Å². The number of fused-ring (bicyclic) bond motifs is 1. The van der Waals surface area contributed by atoms with Crippen molar-refractivity contribution in [1.82, 2.24) is 10.3 Å². The highest BCUT2D eigenvalue weighted by atomic mass is 14.9. The van der Waals surface area contributed by atoms with Gasteiger partial charge in [-0.2, -0.15) is 0 Å². The number of pyridine rings is 1. The molecule has 0 amide bonds. The van der Waals surface area contributed by atoms with Crippen molar-refractivity contribution in [2.75, 3.05) is 6.54 Å². The predicted octanol–water partition coefficient (Wildman–Crippen LogP) is 1.75. The van der Waals surface area contributed by atoms with Crippen LogP contribution in [-0.2, 0) is 13.0 Å². The van der Waals surface area contributed by atoms with Gasteiger partial charge in [-0.1, -0.05) is 19.4 Å². The lowest BCUT2D eigenvalue weighted by molar-refractivity contribution is 0.477.